The van der Waals surface area contributed by atoms with Crippen molar-refractivity contribution in [2.75, 3.05) is 13.1 Å². The number of rotatable bonds is 2. The number of carbonyl (C=O) groups is 1. The molecule has 0 spiro atoms. The summed E-state index contributed by atoms with van der Waals surface area (Å²) < 4.78 is 39.1. The number of hydrogen-bond acceptors (Lipinski definition) is 2. The van der Waals surface area contributed by atoms with Crippen LogP contribution >= 0.6 is 12.4 Å². The first-order valence-corrected chi connectivity index (χ1v) is 6.09. The van der Waals surface area contributed by atoms with Gasteiger partial charge in [0.1, 0.15) is 0 Å². The molecule has 1 aromatic rings. The summed E-state index contributed by atoms with van der Waals surface area (Å²) in [5.41, 5.74) is 5.38. The summed E-state index contributed by atoms with van der Waals surface area (Å²) in [7, 11) is 0. The molecule has 1 amide bonds. The van der Waals surface area contributed by atoms with E-state index in [4.69, 9.17) is 5.73 Å². The van der Waals surface area contributed by atoms with Crippen LogP contribution in [0.3, 0.4) is 0 Å². The number of hydrogen-bond donors (Lipinski definition) is 1. The van der Waals surface area contributed by atoms with Crippen LogP contribution in [-0.4, -0.2) is 29.9 Å². The van der Waals surface area contributed by atoms with Crippen LogP contribution in [0.1, 0.15) is 23.7 Å². The predicted octanol–water partition coefficient (Wildman–Crippen LogP) is 2.34. The van der Waals surface area contributed by atoms with E-state index >= 15 is 0 Å². The van der Waals surface area contributed by atoms with Gasteiger partial charge in [0.15, 0.2) is 17.5 Å². The van der Waals surface area contributed by atoms with E-state index in [-0.39, 0.29) is 29.9 Å². The summed E-state index contributed by atoms with van der Waals surface area (Å²) in [6, 6.07) is 1.41. The van der Waals surface area contributed by atoms with Crippen LogP contribution in [0.5, 0.6) is 0 Å². The van der Waals surface area contributed by atoms with E-state index < -0.39 is 23.4 Å². The lowest BCUT2D eigenvalue weighted by atomic mass is 10.1. The third kappa shape index (κ3) is 3.07. The molecule has 1 aliphatic rings. The fourth-order valence-corrected chi connectivity index (χ4v) is 2.44. The van der Waals surface area contributed by atoms with Crippen LogP contribution < -0.4 is 5.73 Å². The van der Waals surface area contributed by atoms with Crippen molar-refractivity contribution in [1.29, 1.82) is 0 Å². The van der Waals surface area contributed by atoms with Gasteiger partial charge in [0.05, 0.1) is 0 Å². The second kappa shape index (κ2) is 6.45. The summed E-state index contributed by atoms with van der Waals surface area (Å²) in [4.78, 5) is 13.7. The average molecular weight is 309 g/mol. The molecule has 112 valence electrons. The Morgan fingerprint density at radius 2 is 1.90 bits per heavy atom. The highest BCUT2D eigenvalue weighted by Crippen LogP contribution is 2.25. The Morgan fingerprint density at radius 1 is 1.35 bits per heavy atom. The Hall–Kier alpha value is -1.27. The summed E-state index contributed by atoms with van der Waals surface area (Å²) in [6.45, 7) is 2.77. The predicted molar refractivity (Wildman–Crippen MR) is 71.2 cm³/mol. The maximum absolute atomic E-state index is 13.1. The van der Waals surface area contributed by atoms with Crippen molar-refractivity contribution < 1.29 is 18.0 Å². The van der Waals surface area contributed by atoms with E-state index in [0.29, 0.717) is 13.1 Å². The van der Waals surface area contributed by atoms with Crippen molar-refractivity contribution in [1.82, 2.24) is 4.90 Å². The standard InChI is InChI=1S/C13H15F3N2O.ClH/c1-7-2-8(5-17)6-18(7)13(19)9-3-10(14)12(16)11(15)4-9;/h3-4,7-8H,2,5-6,17H2,1H3;1H. The molecule has 0 bridgehead atoms. The first-order chi connectivity index (χ1) is 8.93. The zero-order chi connectivity index (χ0) is 14.2. The van der Waals surface area contributed by atoms with Gasteiger partial charge in [0.25, 0.3) is 5.91 Å². The lowest BCUT2D eigenvalue weighted by Crippen LogP contribution is -2.34. The number of amides is 1. The zero-order valence-electron chi connectivity index (χ0n) is 10.9. The fraction of sp³-hybridized carbons (Fsp3) is 0.462. The van der Waals surface area contributed by atoms with E-state index in [9.17, 15) is 18.0 Å². The van der Waals surface area contributed by atoms with Gasteiger partial charge >= 0.3 is 0 Å². The first-order valence-electron chi connectivity index (χ1n) is 6.09. The Labute approximate surface area is 121 Å². The highest BCUT2D eigenvalue weighted by atomic mass is 35.5. The van der Waals surface area contributed by atoms with Crippen LogP contribution in [0.4, 0.5) is 13.2 Å². The molecule has 0 saturated carbocycles. The van der Waals surface area contributed by atoms with Crippen LogP contribution in [0.25, 0.3) is 0 Å². The molecule has 0 aromatic heterocycles. The van der Waals surface area contributed by atoms with Gasteiger partial charge in [0, 0.05) is 18.2 Å². The van der Waals surface area contributed by atoms with E-state index in [1.165, 1.54) is 4.90 Å². The van der Waals surface area contributed by atoms with E-state index in [1.807, 2.05) is 6.92 Å². The molecule has 2 N–H and O–H groups in total. The topological polar surface area (TPSA) is 46.3 Å². The summed E-state index contributed by atoms with van der Waals surface area (Å²) in [5, 5.41) is 0. The van der Waals surface area contributed by atoms with Gasteiger partial charge in [-0.1, -0.05) is 0 Å². The van der Waals surface area contributed by atoms with Gasteiger partial charge in [-0.05, 0) is 37.9 Å². The number of benzene rings is 1. The first kappa shape index (κ1) is 16.8. The van der Waals surface area contributed by atoms with Gasteiger partial charge in [0.2, 0.25) is 0 Å². The molecule has 7 heteroatoms. The minimum absolute atomic E-state index is 0. The highest BCUT2D eigenvalue weighted by Gasteiger charge is 2.32. The fourth-order valence-electron chi connectivity index (χ4n) is 2.44. The number of nitrogens with two attached hydrogens (primary N) is 1. The van der Waals surface area contributed by atoms with Crippen molar-refractivity contribution in [2.24, 2.45) is 11.7 Å². The van der Waals surface area contributed by atoms with E-state index in [2.05, 4.69) is 0 Å². The van der Waals surface area contributed by atoms with Crippen LogP contribution in [0, 0.1) is 23.4 Å². The SMILES string of the molecule is CC1CC(CN)CN1C(=O)c1cc(F)c(F)c(F)c1.Cl. The molecular formula is C13H16ClF3N2O. The number of nitrogens with zero attached hydrogens (tertiary/aromatic N) is 1. The Morgan fingerprint density at radius 3 is 2.35 bits per heavy atom. The molecule has 1 aliphatic heterocycles. The highest BCUT2D eigenvalue weighted by molar-refractivity contribution is 5.94. The smallest absolute Gasteiger partial charge is 0.254 e. The normalized spacial score (nSPS) is 21.8. The second-order valence-corrected chi connectivity index (χ2v) is 4.90. The second-order valence-electron chi connectivity index (χ2n) is 4.90. The minimum Gasteiger partial charge on any atom is -0.336 e. The summed E-state index contributed by atoms with van der Waals surface area (Å²) >= 11 is 0. The van der Waals surface area contributed by atoms with Crippen molar-refractivity contribution in [3.05, 3.63) is 35.1 Å². The monoisotopic (exact) mass is 308 g/mol. The van der Waals surface area contributed by atoms with Crippen molar-refractivity contribution >= 4 is 18.3 Å². The number of carbonyl (C=O) groups excluding carboxylic acids is 1. The molecule has 2 rings (SSSR count). The summed E-state index contributed by atoms with van der Waals surface area (Å²) in [5.74, 6) is -4.59. The largest absolute Gasteiger partial charge is 0.336 e. The molecule has 0 radical (unpaired) electrons. The molecule has 0 aliphatic carbocycles. The third-order valence-electron chi connectivity index (χ3n) is 3.49. The van der Waals surface area contributed by atoms with Crippen molar-refractivity contribution in [3.8, 4) is 0 Å². The van der Waals surface area contributed by atoms with Crippen molar-refractivity contribution in [2.45, 2.75) is 19.4 Å². The lowest BCUT2D eigenvalue weighted by Gasteiger charge is -2.21. The molecule has 2 atom stereocenters. The lowest BCUT2D eigenvalue weighted by molar-refractivity contribution is 0.0742. The van der Waals surface area contributed by atoms with Gasteiger partial charge in [-0.25, -0.2) is 13.2 Å². The van der Waals surface area contributed by atoms with Gasteiger partial charge in [-0.3, -0.25) is 4.79 Å². The molecule has 20 heavy (non-hydrogen) atoms. The van der Waals surface area contributed by atoms with Crippen molar-refractivity contribution in [3.63, 3.8) is 0 Å². The Bertz CT molecular complexity index is 489. The van der Waals surface area contributed by atoms with Crippen LogP contribution in [0.15, 0.2) is 12.1 Å². The average Bonchev–Trinajstić information content (AvgIpc) is 2.75. The minimum atomic E-state index is -1.56. The maximum atomic E-state index is 13.1. The van der Waals surface area contributed by atoms with Gasteiger partial charge in [-0.2, -0.15) is 0 Å². The molecule has 2 unspecified atom stereocenters. The molecule has 1 aromatic carbocycles. The van der Waals surface area contributed by atoms with Gasteiger partial charge < -0.3 is 10.6 Å². The van der Waals surface area contributed by atoms with Crippen LogP contribution in [-0.2, 0) is 0 Å². The quantitative estimate of drug-likeness (QED) is 0.852. The molecule has 1 heterocycles. The van der Waals surface area contributed by atoms with Gasteiger partial charge in [-0.15, -0.1) is 12.4 Å². The molecule has 3 nitrogen and oxygen atoms in total. The van der Waals surface area contributed by atoms with Crippen LogP contribution in [0.2, 0.25) is 0 Å². The number of likely N-dealkylation sites (tertiary alicyclic amines) is 1. The van der Waals surface area contributed by atoms with E-state index in [1.54, 1.807) is 0 Å². The van der Waals surface area contributed by atoms with E-state index in [0.717, 1.165) is 18.6 Å². The molecule has 1 saturated heterocycles. The number of halogens is 4. The molecule has 1 fully saturated rings. The Balaban J connectivity index is 0.00000200. The maximum Gasteiger partial charge on any atom is 0.254 e. The molecular weight excluding hydrogens is 293 g/mol. The summed E-state index contributed by atoms with van der Waals surface area (Å²) in [6.07, 6.45) is 0.758. The Kier molecular flexibility index (Phi) is 5.42. The third-order valence-corrected chi connectivity index (χ3v) is 3.49. The zero-order valence-corrected chi connectivity index (χ0v) is 11.7.